The molecule has 0 aliphatic carbocycles. The predicted octanol–water partition coefficient (Wildman–Crippen LogP) is -3.04. The Hall–Kier alpha value is 1.21. The smallest absolute Gasteiger partial charge is 0.870 e. The summed E-state index contributed by atoms with van der Waals surface area (Å²) in [6.07, 6.45) is 0. The molecule has 0 heterocycles. The molecule has 2 N–H and O–H groups in total. The fraction of sp³-hybridized carbons (Fsp3) is 0. The first kappa shape index (κ1) is 18.9. The molecule has 0 bridgehead atoms. The second-order valence-electron chi connectivity index (χ2n) is 0. The number of rotatable bonds is 0. The van der Waals surface area contributed by atoms with E-state index >= 15 is 0 Å². The number of hydrogen-bond acceptors (Lipinski definition) is 2. The molecule has 0 saturated heterocycles. The Kier molecular flexibility index (Phi) is 140. The molecule has 0 aliphatic rings. The Balaban J connectivity index is -0.00000000500. The van der Waals surface area contributed by atoms with E-state index in [1.165, 1.54) is 0 Å². The van der Waals surface area contributed by atoms with E-state index in [0.29, 0.717) is 0 Å². The van der Waals surface area contributed by atoms with Crippen molar-refractivity contribution in [1.29, 1.82) is 0 Å². The molecule has 0 aromatic rings. The summed E-state index contributed by atoms with van der Waals surface area (Å²) in [6, 6.07) is 0. The molecular formula is H2ClNaO2. The van der Waals surface area contributed by atoms with Crippen LogP contribution in [-0.2, 0) is 0 Å². The van der Waals surface area contributed by atoms with E-state index in [1.54, 1.807) is 0 Å². The molecule has 0 fully saturated rings. The van der Waals surface area contributed by atoms with Crippen molar-refractivity contribution in [3.8, 4) is 0 Å². The number of halogens is 1. The summed E-state index contributed by atoms with van der Waals surface area (Å²) in [4.78, 5) is 0. The van der Waals surface area contributed by atoms with Crippen molar-refractivity contribution >= 4 is 11.9 Å². The van der Waals surface area contributed by atoms with Gasteiger partial charge in [-0.1, -0.05) is 0 Å². The van der Waals surface area contributed by atoms with Gasteiger partial charge in [-0.2, -0.15) is 0 Å². The molecule has 0 unspecified atom stereocenters. The summed E-state index contributed by atoms with van der Waals surface area (Å²) in [5.41, 5.74) is 0. The minimum absolute atomic E-state index is 0. The zero-order valence-electron chi connectivity index (χ0n) is 2.27. The molecule has 0 rings (SSSR count). The molecule has 0 aliphatic heterocycles. The Morgan fingerprint density at radius 1 is 1.25 bits per heavy atom. The van der Waals surface area contributed by atoms with Crippen molar-refractivity contribution in [2.24, 2.45) is 0 Å². The molecule has 0 saturated carbocycles. The zero-order valence-corrected chi connectivity index (χ0v) is 5.03. The third-order valence-corrected chi connectivity index (χ3v) is 0. The van der Waals surface area contributed by atoms with Gasteiger partial charge in [-0.3, -0.25) is 4.66 Å². The van der Waals surface area contributed by atoms with Gasteiger partial charge in [0.15, 0.2) is 0 Å². The van der Waals surface area contributed by atoms with E-state index in [-0.39, 0.29) is 35.0 Å². The fourth-order valence-electron chi connectivity index (χ4n) is 0. The van der Waals surface area contributed by atoms with Crippen molar-refractivity contribution in [2.75, 3.05) is 0 Å². The van der Waals surface area contributed by atoms with Crippen LogP contribution in [0, 0.1) is 0 Å². The van der Waals surface area contributed by atoms with E-state index in [0.717, 1.165) is 0 Å². The van der Waals surface area contributed by atoms with Crippen LogP contribution in [0.4, 0.5) is 0 Å². The summed E-state index contributed by atoms with van der Waals surface area (Å²) < 4.78 is 6.47. The zero-order chi connectivity index (χ0) is 2.00. The second-order valence-corrected chi connectivity index (χ2v) is 0. The predicted molar refractivity (Wildman–Crippen MR) is 10.0 cm³/mol. The van der Waals surface area contributed by atoms with Gasteiger partial charge >= 0.3 is 29.6 Å². The van der Waals surface area contributed by atoms with E-state index in [4.69, 9.17) is 4.66 Å². The van der Waals surface area contributed by atoms with E-state index in [2.05, 4.69) is 11.9 Å². The van der Waals surface area contributed by atoms with Crippen LogP contribution in [-0.4, -0.2) is 10.1 Å². The molecule has 0 aromatic heterocycles. The van der Waals surface area contributed by atoms with Crippen molar-refractivity contribution in [3.63, 3.8) is 0 Å². The third-order valence-electron chi connectivity index (χ3n) is 0. The van der Waals surface area contributed by atoms with Crippen LogP contribution in [0.25, 0.3) is 0 Å². The standard InChI is InChI=1S/ClHO.Na.H2O/c1-2;;/h2H;;1H2/q;+1;/p-1. The van der Waals surface area contributed by atoms with Gasteiger partial charge in [-0.15, -0.1) is 0 Å². The minimum atomic E-state index is 0. The first-order valence-corrected chi connectivity index (χ1v) is 0.507. The van der Waals surface area contributed by atoms with Crippen molar-refractivity contribution in [3.05, 3.63) is 0 Å². The van der Waals surface area contributed by atoms with E-state index in [1.807, 2.05) is 0 Å². The maximum atomic E-state index is 6.47. The maximum Gasteiger partial charge on any atom is 1.00 e. The molecule has 0 amide bonds. The van der Waals surface area contributed by atoms with Gasteiger partial charge < -0.3 is 5.48 Å². The minimum Gasteiger partial charge on any atom is -0.870 e. The quantitative estimate of drug-likeness (QED) is 0.323. The third kappa shape index (κ3) is 10.7. The topological polar surface area (TPSA) is 50.2 Å². The summed E-state index contributed by atoms with van der Waals surface area (Å²) in [5, 5.41) is 0. The van der Waals surface area contributed by atoms with Crippen LogP contribution in [0.2, 0.25) is 0 Å². The summed E-state index contributed by atoms with van der Waals surface area (Å²) >= 11 is 3.64. The average Bonchev–Trinajstić information content (AvgIpc) is 1.00. The molecule has 4 heteroatoms. The normalized spacial score (nSPS) is 1.50. The SMILES string of the molecule is OCl.[Na+].[OH-]. The van der Waals surface area contributed by atoms with Gasteiger partial charge in [0.25, 0.3) is 0 Å². The summed E-state index contributed by atoms with van der Waals surface area (Å²) in [5.74, 6) is 0. The molecule has 2 nitrogen and oxygen atoms in total. The van der Waals surface area contributed by atoms with Crippen LogP contribution >= 0.6 is 11.9 Å². The van der Waals surface area contributed by atoms with Crippen LogP contribution < -0.4 is 29.6 Å². The molecule has 0 radical (unpaired) electrons. The van der Waals surface area contributed by atoms with Crippen molar-refractivity contribution < 1.29 is 39.7 Å². The summed E-state index contributed by atoms with van der Waals surface area (Å²) in [6.45, 7) is 0. The van der Waals surface area contributed by atoms with Gasteiger partial charge in [0.2, 0.25) is 0 Å². The Bertz CT molecular complexity index is 6.00. The molecule has 0 spiro atoms. The Morgan fingerprint density at radius 2 is 1.25 bits per heavy atom. The first-order chi connectivity index (χ1) is 1.00. The molecule has 4 heavy (non-hydrogen) atoms. The Labute approximate surface area is 51.5 Å². The van der Waals surface area contributed by atoms with E-state index < -0.39 is 0 Å². The average molecular weight is 92.5 g/mol. The van der Waals surface area contributed by atoms with Gasteiger partial charge in [0.1, 0.15) is 0 Å². The van der Waals surface area contributed by atoms with Crippen molar-refractivity contribution in [2.45, 2.75) is 0 Å². The fourth-order valence-corrected chi connectivity index (χ4v) is 0. The largest absolute Gasteiger partial charge is 1.00 e. The van der Waals surface area contributed by atoms with Gasteiger partial charge in [0.05, 0.1) is 11.9 Å². The number of hydrogen-bond donors (Lipinski definition) is 1. The second kappa shape index (κ2) is 29.6. The molecular weight excluding hydrogens is 90.4 g/mol. The van der Waals surface area contributed by atoms with Crippen LogP contribution in [0.1, 0.15) is 0 Å². The maximum absolute atomic E-state index is 6.47. The first-order valence-electron chi connectivity index (χ1n) is 0.169. The molecule has 0 atom stereocenters. The monoisotopic (exact) mass is 92.0 g/mol. The van der Waals surface area contributed by atoms with Gasteiger partial charge in [0, 0.05) is 0 Å². The van der Waals surface area contributed by atoms with Gasteiger partial charge in [-0.25, -0.2) is 0 Å². The van der Waals surface area contributed by atoms with E-state index in [9.17, 15) is 0 Å². The van der Waals surface area contributed by atoms with Crippen LogP contribution in [0.15, 0.2) is 0 Å². The molecule has 22 valence electrons. The van der Waals surface area contributed by atoms with Crippen molar-refractivity contribution in [1.82, 2.24) is 0 Å². The van der Waals surface area contributed by atoms with Gasteiger partial charge in [-0.05, 0) is 0 Å². The van der Waals surface area contributed by atoms with Crippen LogP contribution in [0.3, 0.4) is 0 Å². The molecule has 0 aromatic carbocycles. The Morgan fingerprint density at radius 3 is 1.25 bits per heavy atom. The van der Waals surface area contributed by atoms with Crippen LogP contribution in [0.5, 0.6) is 0 Å². The summed E-state index contributed by atoms with van der Waals surface area (Å²) in [7, 11) is 0.